The Morgan fingerprint density at radius 3 is 2.33 bits per heavy atom. The number of hydrogen-bond acceptors (Lipinski definition) is 4. The van der Waals surface area contributed by atoms with Gasteiger partial charge in [-0.05, 0) is 19.3 Å². The van der Waals surface area contributed by atoms with Gasteiger partial charge in [0.1, 0.15) is 17.5 Å². The van der Waals surface area contributed by atoms with E-state index >= 15 is 0 Å². The number of aromatic nitrogens is 2. The minimum atomic E-state index is 0.733. The molecule has 1 aromatic rings. The molecule has 0 bridgehead atoms. The highest BCUT2D eigenvalue weighted by Gasteiger charge is 2.14. The molecule has 0 aromatic carbocycles. The molecule has 0 saturated carbocycles. The van der Waals surface area contributed by atoms with E-state index in [2.05, 4.69) is 55.9 Å². The van der Waals surface area contributed by atoms with Crippen LogP contribution in [0.25, 0.3) is 0 Å². The number of nitrogens with one attached hydrogen (secondary N) is 1. The minimum absolute atomic E-state index is 0.733. The number of hydrogen-bond donors (Lipinski definition) is 1. The van der Waals surface area contributed by atoms with Crippen LogP contribution in [-0.4, -0.2) is 29.6 Å². The van der Waals surface area contributed by atoms with Crippen molar-refractivity contribution in [3.8, 4) is 0 Å². The molecule has 0 spiro atoms. The smallest absolute Gasteiger partial charge is 0.134 e. The fraction of sp³-hybridized carbons (Fsp3) is 0.765. The van der Waals surface area contributed by atoms with Gasteiger partial charge >= 0.3 is 0 Å². The minimum Gasteiger partial charge on any atom is -0.370 e. The molecule has 1 heterocycles. The lowest BCUT2D eigenvalue weighted by Gasteiger charge is -2.27. The molecule has 0 saturated heterocycles. The van der Waals surface area contributed by atoms with E-state index in [-0.39, 0.29) is 0 Å². The number of anilines is 2. The number of nitrogens with zero attached hydrogens (tertiary/aromatic N) is 3. The molecule has 0 aliphatic carbocycles. The van der Waals surface area contributed by atoms with E-state index in [1.54, 1.807) is 0 Å². The van der Waals surface area contributed by atoms with Crippen LogP contribution < -0.4 is 10.2 Å². The molecule has 1 N–H and O–H groups in total. The Balaban J connectivity index is 2.95. The monoisotopic (exact) mass is 292 g/mol. The first-order valence-corrected chi connectivity index (χ1v) is 8.55. The van der Waals surface area contributed by atoms with Crippen molar-refractivity contribution in [2.45, 2.75) is 60.3 Å². The summed E-state index contributed by atoms with van der Waals surface area (Å²) in [6.07, 6.45) is 4.42. The van der Waals surface area contributed by atoms with Crippen molar-refractivity contribution in [3.63, 3.8) is 0 Å². The molecule has 1 aromatic heterocycles. The van der Waals surface area contributed by atoms with Gasteiger partial charge in [-0.15, -0.1) is 0 Å². The Bertz CT molecular complexity index is 402. The summed E-state index contributed by atoms with van der Waals surface area (Å²) in [7, 11) is 0. The van der Waals surface area contributed by atoms with E-state index in [1.165, 1.54) is 12.8 Å². The van der Waals surface area contributed by atoms with Gasteiger partial charge in [0.25, 0.3) is 0 Å². The SMILES string of the molecule is CCCNc1cc(N(CC)CC(CC)CC)nc(CC)n1. The van der Waals surface area contributed by atoms with Crippen LogP contribution in [0.3, 0.4) is 0 Å². The van der Waals surface area contributed by atoms with Crippen LogP contribution in [0.2, 0.25) is 0 Å². The fourth-order valence-corrected chi connectivity index (χ4v) is 2.39. The summed E-state index contributed by atoms with van der Waals surface area (Å²) in [4.78, 5) is 11.7. The van der Waals surface area contributed by atoms with E-state index in [1.807, 2.05) is 0 Å². The van der Waals surface area contributed by atoms with Crippen molar-refractivity contribution in [1.82, 2.24) is 9.97 Å². The summed E-state index contributed by atoms with van der Waals surface area (Å²) in [5.74, 6) is 3.68. The van der Waals surface area contributed by atoms with Gasteiger partial charge in [0.2, 0.25) is 0 Å². The van der Waals surface area contributed by atoms with Gasteiger partial charge in [-0.3, -0.25) is 0 Å². The highest BCUT2D eigenvalue weighted by Crippen LogP contribution is 2.19. The molecule has 1 rings (SSSR count). The predicted molar refractivity (Wildman–Crippen MR) is 92.1 cm³/mol. The van der Waals surface area contributed by atoms with E-state index in [0.29, 0.717) is 0 Å². The number of rotatable bonds is 10. The summed E-state index contributed by atoms with van der Waals surface area (Å²) in [5.41, 5.74) is 0. The van der Waals surface area contributed by atoms with Gasteiger partial charge < -0.3 is 10.2 Å². The summed E-state index contributed by atoms with van der Waals surface area (Å²) >= 11 is 0. The van der Waals surface area contributed by atoms with E-state index in [0.717, 1.165) is 55.9 Å². The molecule has 21 heavy (non-hydrogen) atoms. The summed E-state index contributed by atoms with van der Waals surface area (Å²) in [6.45, 7) is 14.1. The van der Waals surface area contributed by atoms with Gasteiger partial charge in [-0.25, -0.2) is 9.97 Å². The van der Waals surface area contributed by atoms with Crippen LogP contribution in [0, 0.1) is 5.92 Å². The van der Waals surface area contributed by atoms with Gasteiger partial charge in [-0.2, -0.15) is 0 Å². The third-order valence-corrected chi connectivity index (χ3v) is 3.97. The maximum absolute atomic E-state index is 4.73. The first-order valence-electron chi connectivity index (χ1n) is 8.55. The average Bonchev–Trinajstić information content (AvgIpc) is 2.53. The van der Waals surface area contributed by atoms with Crippen LogP contribution in [0.15, 0.2) is 6.07 Å². The maximum atomic E-state index is 4.73. The summed E-state index contributed by atoms with van der Waals surface area (Å²) in [6, 6.07) is 2.10. The Kier molecular flexibility index (Phi) is 8.09. The normalized spacial score (nSPS) is 11.0. The molecule has 0 amide bonds. The van der Waals surface area contributed by atoms with Gasteiger partial charge in [0.15, 0.2) is 0 Å². The van der Waals surface area contributed by atoms with Crippen molar-refractivity contribution >= 4 is 11.6 Å². The second kappa shape index (κ2) is 9.59. The van der Waals surface area contributed by atoms with Crippen LogP contribution in [-0.2, 0) is 6.42 Å². The molecular formula is C17H32N4. The molecule has 4 heteroatoms. The molecule has 0 unspecified atom stereocenters. The van der Waals surface area contributed by atoms with Crippen molar-refractivity contribution in [1.29, 1.82) is 0 Å². The fourth-order valence-electron chi connectivity index (χ4n) is 2.39. The topological polar surface area (TPSA) is 41.0 Å². The van der Waals surface area contributed by atoms with Crippen molar-refractivity contribution in [3.05, 3.63) is 11.9 Å². The third-order valence-electron chi connectivity index (χ3n) is 3.97. The lowest BCUT2D eigenvalue weighted by molar-refractivity contribution is 0.484. The Morgan fingerprint density at radius 2 is 1.81 bits per heavy atom. The van der Waals surface area contributed by atoms with E-state index < -0.39 is 0 Å². The van der Waals surface area contributed by atoms with Crippen LogP contribution >= 0.6 is 0 Å². The van der Waals surface area contributed by atoms with Gasteiger partial charge in [0.05, 0.1) is 0 Å². The molecule has 0 radical (unpaired) electrons. The first-order chi connectivity index (χ1) is 10.2. The molecule has 4 nitrogen and oxygen atoms in total. The quantitative estimate of drug-likeness (QED) is 0.704. The van der Waals surface area contributed by atoms with Crippen molar-refractivity contribution in [2.24, 2.45) is 5.92 Å². The molecular weight excluding hydrogens is 260 g/mol. The predicted octanol–water partition coefficient (Wildman–Crippen LogP) is 4.12. The molecule has 120 valence electrons. The standard InChI is InChI=1S/C17H32N4/c1-6-11-18-16-12-17(20-15(9-4)19-16)21(10-5)13-14(7-2)8-3/h12,14H,6-11,13H2,1-5H3,(H,18,19,20). The highest BCUT2D eigenvalue weighted by atomic mass is 15.2. The Hall–Kier alpha value is -1.32. The zero-order valence-electron chi connectivity index (χ0n) is 14.4. The molecule has 0 aliphatic rings. The van der Waals surface area contributed by atoms with E-state index in [4.69, 9.17) is 4.98 Å². The second-order valence-corrected chi connectivity index (χ2v) is 5.53. The highest BCUT2D eigenvalue weighted by molar-refractivity contribution is 5.49. The Labute approximate surface area is 130 Å². The summed E-state index contributed by atoms with van der Waals surface area (Å²) in [5, 5.41) is 3.39. The molecule has 0 fully saturated rings. The van der Waals surface area contributed by atoms with Crippen molar-refractivity contribution in [2.75, 3.05) is 29.9 Å². The lowest BCUT2D eigenvalue weighted by Crippen LogP contribution is -2.30. The van der Waals surface area contributed by atoms with Gasteiger partial charge in [0, 0.05) is 32.1 Å². The molecule has 0 atom stereocenters. The van der Waals surface area contributed by atoms with Crippen LogP contribution in [0.1, 0.15) is 59.7 Å². The van der Waals surface area contributed by atoms with Crippen molar-refractivity contribution < 1.29 is 0 Å². The van der Waals surface area contributed by atoms with Crippen LogP contribution in [0.5, 0.6) is 0 Å². The Morgan fingerprint density at radius 1 is 1.10 bits per heavy atom. The zero-order chi connectivity index (χ0) is 15.7. The maximum Gasteiger partial charge on any atom is 0.134 e. The second-order valence-electron chi connectivity index (χ2n) is 5.53. The lowest BCUT2D eigenvalue weighted by atomic mass is 10.0. The first kappa shape index (κ1) is 17.7. The average molecular weight is 292 g/mol. The van der Waals surface area contributed by atoms with Crippen LogP contribution in [0.4, 0.5) is 11.6 Å². The summed E-state index contributed by atoms with van der Waals surface area (Å²) < 4.78 is 0. The van der Waals surface area contributed by atoms with E-state index in [9.17, 15) is 0 Å². The largest absolute Gasteiger partial charge is 0.370 e. The third kappa shape index (κ3) is 5.52. The van der Waals surface area contributed by atoms with Gasteiger partial charge in [-0.1, -0.05) is 40.5 Å². The molecule has 0 aliphatic heterocycles. The number of aryl methyl sites for hydroxylation is 1. The zero-order valence-corrected chi connectivity index (χ0v) is 14.4.